The number of sulfone groups is 1. The Balaban J connectivity index is 1.93. The van der Waals surface area contributed by atoms with Gasteiger partial charge in [-0.2, -0.15) is 0 Å². The summed E-state index contributed by atoms with van der Waals surface area (Å²) in [4.78, 5) is 16.3. The molecule has 0 fully saturated rings. The number of benzene rings is 1. The van der Waals surface area contributed by atoms with E-state index in [1.54, 1.807) is 0 Å². The second-order valence-corrected chi connectivity index (χ2v) is 8.33. The van der Waals surface area contributed by atoms with Crippen molar-refractivity contribution < 1.29 is 8.42 Å². The average Bonchev–Trinajstić information content (AvgIpc) is 2.81. The highest BCUT2D eigenvalue weighted by molar-refractivity contribution is 7.99. The highest BCUT2D eigenvalue weighted by Crippen LogP contribution is 2.32. The van der Waals surface area contributed by atoms with Crippen molar-refractivity contribution in [2.75, 3.05) is 17.2 Å². The summed E-state index contributed by atoms with van der Waals surface area (Å²) in [5, 5.41) is 0.929. The Morgan fingerprint density at radius 3 is 2.73 bits per heavy atom. The fourth-order valence-corrected chi connectivity index (χ4v) is 5.23. The summed E-state index contributed by atoms with van der Waals surface area (Å²) in [6.45, 7) is 0. The van der Waals surface area contributed by atoms with E-state index in [1.807, 2.05) is 0 Å². The van der Waals surface area contributed by atoms with Crippen molar-refractivity contribution in [3.63, 3.8) is 0 Å². The average molecular weight is 358 g/mol. The lowest BCUT2D eigenvalue weighted by atomic mass is 10.4. The van der Waals surface area contributed by atoms with Gasteiger partial charge < -0.3 is 5.73 Å². The number of anilines is 1. The van der Waals surface area contributed by atoms with Crippen molar-refractivity contribution >= 4 is 39.0 Å². The second kappa shape index (κ2) is 5.60. The number of rotatable bonds is 3. The summed E-state index contributed by atoms with van der Waals surface area (Å²) in [7, 11) is -3.52. The molecule has 1 atom stereocenters. The molecule has 116 valence electrons. The fourth-order valence-electron chi connectivity index (χ4n) is 2.28. The zero-order chi connectivity index (χ0) is 15.9. The van der Waals surface area contributed by atoms with Crippen LogP contribution in [0.2, 0.25) is 5.02 Å². The molecule has 0 aliphatic carbocycles. The van der Waals surface area contributed by atoms with E-state index in [0.717, 1.165) is 0 Å². The first-order valence-electron chi connectivity index (χ1n) is 6.37. The molecule has 0 bridgehead atoms. The fraction of sp³-hybridized carbons (Fsp3) is 0.231. The lowest BCUT2D eigenvalue weighted by Gasteiger charge is -2.13. The molecule has 0 saturated carbocycles. The molecule has 0 radical (unpaired) electrons. The molecule has 0 saturated heterocycles. The van der Waals surface area contributed by atoms with Gasteiger partial charge in [-0.1, -0.05) is 23.4 Å². The summed E-state index contributed by atoms with van der Waals surface area (Å²) in [6, 6.07) is 6.73. The number of hydrogen-bond donors (Lipinski definition) is 1. The largest absolute Gasteiger partial charge is 0.383 e. The van der Waals surface area contributed by atoms with Gasteiger partial charge in [0.2, 0.25) is 0 Å². The first-order valence-corrected chi connectivity index (χ1v) is 9.38. The molecule has 9 heteroatoms. The van der Waals surface area contributed by atoms with E-state index in [1.165, 1.54) is 46.7 Å². The van der Waals surface area contributed by atoms with Crippen molar-refractivity contribution in [1.82, 2.24) is 9.55 Å². The van der Waals surface area contributed by atoms with Crippen LogP contribution in [0.4, 0.5) is 5.82 Å². The molecule has 1 aromatic heterocycles. The Labute approximate surface area is 136 Å². The number of thioether (sulfide) groups is 1. The Bertz CT molecular complexity index is 878. The van der Waals surface area contributed by atoms with E-state index < -0.39 is 15.9 Å². The Hall–Kier alpha value is -1.51. The summed E-state index contributed by atoms with van der Waals surface area (Å²) in [6.07, 6.45) is 0. The zero-order valence-corrected chi connectivity index (χ0v) is 13.7. The van der Waals surface area contributed by atoms with Crippen LogP contribution in [0.1, 0.15) is 6.04 Å². The van der Waals surface area contributed by atoms with Crippen LogP contribution in [0.25, 0.3) is 0 Å². The molecule has 6 nitrogen and oxygen atoms in total. The van der Waals surface area contributed by atoms with Gasteiger partial charge in [0.15, 0.2) is 15.0 Å². The normalized spacial score (nSPS) is 17.4. The van der Waals surface area contributed by atoms with Crippen LogP contribution in [0.5, 0.6) is 0 Å². The van der Waals surface area contributed by atoms with Crippen molar-refractivity contribution in [3.8, 4) is 0 Å². The van der Waals surface area contributed by atoms with E-state index in [9.17, 15) is 13.2 Å². The Morgan fingerprint density at radius 1 is 1.36 bits per heavy atom. The molecule has 22 heavy (non-hydrogen) atoms. The first kappa shape index (κ1) is 15.4. The second-order valence-electron chi connectivity index (χ2n) is 4.87. The molecular formula is C13H12ClN3O3S2. The number of nitrogens with two attached hydrogens (primary N) is 1. The number of hydrogen-bond acceptors (Lipinski definition) is 6. The highest BCUT2D eigenvalue weighted by Gasteiger charge is 2.30. The minimum absolute atomic E-state index is 0.143. The van der Waals surface area contributed by atoms with Gasteiger partial charge in [-0.15, -0.1) is 0 Å². The quantitative estimate of drug-likeness (QED) is 0.838. The molecule has 1 aromatic carbocycles. The monoisotopic (exact) mass is 357 g/mol. The lowest BCUT2D eigenvalue weighted by Crippen LogP contribution is -2.29. The first-order chi connectivity index (χ1) is 10.4. The molecule has 1 aliphatic heterocycles. The molecule has 2 aromatic rings. The third kappa shape index (κ3) is 2.86. The summed E-state index contributed by atoms with van der Waals surface area (Å²) in [5.74, 6) is 0.448. The number of fused-ring (bicyclic) bond motifs is 1. The molecule has 0 unspecified atom stereocenters. The van der Waals surface area contributed by atoms with Crippen LogP contribution in [-0.2, 0) is 9.84 Å². The minimum Gasteiger partial charge on any atom is -0.383 e. The number of halogens is 1. The summed E-state index contributed by atoms with van der Waals surface area (Å²) in [5.41, 5.74) is 5.21. The number of nitrogen functional groups attached to an aromatic ring is 1. The third-order valence-corrected chi connectivity index (χ3v) is 6.46. The van der Waals surface area contributed by atoms with E-state index in [2.05, 4.69) is 4.98 Å². The van der Waals surface area contributed by atoms with Crippen LogP contribution in [-0.4, -0.2) is 29.5 Å². The van der Waals surface area contributed by atoms with Gasteiger partial charge in [-0.25, -0.2) is 13.4 Å². The van der Waals surface area contributed by atoms with Gasteiger partial charge in [-0.3, -0.25) is 9.36 Å². The maximum absolute atomic E-state index is 12.5. The molecule has 2 heterocycles. The maximum Gasteiger partial charge on any atom is 0.256 e. The predicted molar refractivity (Wildman–Crippen MR) is 86.2 cm³/mol. The van der Waals surface area contributed by atoms with E-state index in [-0.39, 0.29) is 22.0 Å². The molecule has 1 aliphatic rings. The lowest BCUT2D eigenvalue weighted by molar-refractivity contribution is 0.528. The third-order valence-electron chi connectivity index (χ3n) is 3.29. The van der Waals surface area contributed by atoms with Crippen LogP contribution in [0.15, 0.2) is 45.2 Å². The van der Waals surface area contributed by atoms with Gasteiger partial charge in [0, 0.05) is 16.8 Å². The van der Waals surface area contributed by atoms with Gasteiger partial charge in [-0.05, 0) is 24.3 Å². The predicted octanol–water partition coefficient (Wildman–Crippen LogP) is 1.60. The van der Waals surface area contributed by atoms with Crippen molar-refractivity contribution in [1.29, 1.82) is 0 Å². The smallest absolute Gasteiger partial charge is 0.256 e. The van der Waals surface area contributed by atoms with E-state index in [4.69, 9.17) is 17.3 Å². The maximum atomic E-state index is 12.5. The molecular weight excluding hydrogens is 346 g/mol. The van der Waals surface area contributed by atoms with E-state index >= 15 is 0 Å². The molecule has 3 rings (SSSR count). The standard InChI is InChI=1S/C13H12ClN3O3S2/c14-8-1-3-10(4-2-8)22(19,20)7-9-6-21-13-16-11(15)5-12(18)17(9)13/h1-5,9H,6-7,15H2/t9-/m1/s1. The van der Waals surface area contributed by atoms with Gasteiger partial charge >= 0.3 is 0 Å². The van der Waals surface area contributed by atoms with E-state index in [0.29, 0.717) is 15.9 Å². The van der Waals surface area contributed by atoms with Gasteiger partial charge in [0.1, 0.15) is 5.82 Å². The highest BCUT2D eigenvalue weighted by atomic mass is 35.5. The van der Waals surface area contributed by atoms with Crippen molar-refractivity contribution in [3.05, 3.63) is 45.7 Å². The van der Waals surface area contributed by atoms with Crippen molar-refractivity contribution in [2.24, 2.45) is 0 Å². The zero-order valence-electron chi connectivity index (χ0n) is 11.3. The minimum atomic E-state index is -3.52. The topological polar surface area (TPSA) is 95.1 Å². The van der Waals surface area contributed by atoms with Gasteiger partial charge in [0.05, 0.1) is 16.7 Å². The molecule has 2 N–H and O–H groups in total. The Morgan fingerprint density at radius 2 is 2.05 bits per heavy atom. The van der Waals surface area contributed by atoms with Crippen molar-refractivity contribution in [2.45, 2.75) is 16.1 Å². The Kier molecular flexibility index (Phi) is 3.92. The van der Waals surface area contributed by atoms with Crippen LogP contribution in [0, 0.1) is 0 Å². The SMILES string of the molecule is Nc1cc(=O)n2c(n1)SC[C@@H]2CS(=O)(=O)c1ccc(Cl)cc1. The van der Waals surface area contributed by atoms with Gasteiger partial charge in [0.25, 0.3) is 5.56 Å². The molecule has 0 spiro atoms. The molecule has 0 amide bonds. The summed E-state index contributed by atoms with van der Waals surface area (Å²) < 4.78 is 26.3. The number of aromatic nitrogens is 2. The van der Waals surface area contributed by atoms with Crippen LogP contribution in [0.3, 0.4) is 0 Å². The van der Waals surface area contributed by atoms with Crippen LogP contribution >= 0.6 is 23.4 Å². The van der Waals surface area contributed by atoms with Crippen LogP contribution < -0.4 is 11.3 Å². The number of nitrogens with zero attached hydrogens (tertiary/aromatic N) is 2. The summed E-state index contributed by atoms with van der Waals surface area (Å²) >= 11 is 7.10.